The number of rotatable bonds is 6. The van der Waals surface area contributed by atoms with Gasteiger partial charge >= 0.3 is 5.97 Å². The molecule has 2 rings (SSSR count). The molecule has 0 aliphatic carbocycles. The number of methoxy groups -OCH3 is 1. The molecule has 0 heterocycles. The number of ether oxygens (including phenoxy) is 2. The quantitative estimate of drug-likeness (QED) is 0.574. The smallest absolute Gasteiger partial charge is 0.340 e. The Morgan fingerprint density at radius 3 is 2.58 bits per heavy atom. The Labute approximate surface area is 151 Å². The third-order valence-corrected chi connectivity index (χ3v) is 4.27. The van der Waals surface area contributed by atoms with Crippen LogP contribution in [0, 0.1) is 20.8 Å². The van der Waals surface area contributed by atoms with E-state index in [1.807, 2.05) is 45.0 Å². The Morgan fingerprint density at radius 1 is 1.12 bits per heavy atom. The second-order valence-electron chi connectivity index (χ2n) is 5.71. The van der Waals surface area contributed by atoms with E-state index in [2.05, 4.69) is 27.3 Å². The fraction of sp³-hybridized carbons (Fsp3) is 0.316. The van der Waals surface area contributed by atoms with E-state index in [9.17, 15) is 4.79 Å². The van der Waals surface area contributed by atoms with Crippen molar-refractivity contribution >= 4 is 27.6 Å². The van der Waals surface area contributed by atoms with Gasteiger partial charge in [0.15, 0.2) is 0 Å². The number of halogens is 1. The Hall–Kier alpha value is -2.01. The van der Waals surface area contributed by atoms with Gasteiger partial charge in [-0.25, -0.2) is 4.79 Å². The summed E-state index contributed by atoms with van der Waals surface area (Å²) in [7, 11) is 1.38. The maximum atomic E-state index is 12.0. The number of carbonyl (C=O) groups is 1. The Morgan fingerprint density at radius 2 is 1.88 bits per heavy atom. The van der Waals surface area contributed by atoms with Crippen LogP contribution in [-0.4, -0.2) is 26.2 Å². The van der Waals surface area contributed by atoms with E-state index in [4.69, 9.17) is 9.47 Å². The summed E-state index contributed by atoms with van der Waals surface area (Å²) in [6.07, 6.45) is 0. The van der Waals surface area contributed by atoms with Crippen molar-refractivity contribution in [3.05, 3.63) is 57.1 Å². The standard InChI is InChI=1S/C19H22BrNO3/c1-12-5-6-14(3)17(11-12)24-8-7-21-18-15(19(22)23-4)9-13(2)10-16(18)20/h5-6,9-11,21H,7-8H2,1-4H3. The summed E-state index contributed by atoms with van der Waals surface area (Å²) < 4.78 is 11.5. The summed E-state index contributed by atoms with van der Waals surface area (Å²) in [5.41, 5.74) is 4.48. The molecule has 5 heteroatoms. The predicted octanol–water partition coefficient (Wildman–Crippen LogP) is 4.65. The lowest BCUT2D eigenvalue weighted by molar-refractivity contribution is 0.0601. The second kappa shape index (κ2) is 8.20. The molecule has 128 valence electrons. The number of nitrogens with one attached hydrogen (secondary N) is 1. The fourth-order valence-corrected chi connectivity index (χ4v) is 3.11. The minimum absolute atomic E-state index is 0.364. The van der Waals surface area contributed by atoms with Crippen molar-refractivity contribution < 1.29 is 14.3 Å². The number of aryl methyl sites for hydroxylation is 3. The molecule has 0 amide bonds. The molecule has 2 aromatic carbocycles. The highest BCUT2D eigenvalue weighted by atomic mass is 79.9. The van der Waals surface area contributed by atoms with Crippen molar-refractivity contribution in [3.8, 4) is 5.75 Å². The minimum atomic E-state index is -0.364. The van der Waals surface area contributed by atoms with Gasteiger partial charge in [-0.2, -0.15) is 0 Å². The highest BCUT2D eigenvalue weighted by molar-refractivity contribution is 9.10. The average Bonchev–Trinajstić information content (AvgIpc) is 2.54. The van der Waals surface area contributed by atoms with Crippen molar-refractivity contribution in [3.63, 3.8) is 0 Å². The van der Waals surface area contributed by atoms with Crippen LogP contribution in [0.4, 0.5) is 5.69 Å². The molecular weight excluding hydrogens is 370 g/mol. The molecule has 1 N–H and O–H groups in total. The number of esters is 1. The van der Waals surface area contributed by atoms with Crippen LogP contribution >= 0.6 is 15.9 Å². The Balaban J connectivity index is 2.04. The summed E-state index contributed by atoms with van der Waals surface area (Å²) in [6.45, 7) is 7.06. The fourth-order valence-electron chi connectivity index (χ4n) is 2.39. The summed E-state index contributed by atoms with van der Waals surface area (Å²) in [6, 6.07) is 9.90. The van der Waals surface area contributed by atoms with Gasteiger partial charge in [-0.1, -0.05) is 12.1 Å². The lowest BCUT2D eigenvalue weighted by Crippen LogP contribution is -2.15. The van der Waals surface area contributed by atoms with E-state index in [0.717, 1.165) is 32.6 Å². The van der Waals surface area contributed by atoms with Crippen molar-refractivity contribution in [2.45, 2.75) is 20.8 Å². The molecule has 0 radical (unpaired) electrons. The molecule has 24 heavy (non-hydrogen) atoms. The molecule has 2 aromatic rings. The van der Waals surface area contributed by atoms with Gasteiger partial charge in [0, 0.05) is 11.0 Å². The largest absolute Gasteiger partial charge is 0.491 e. The zero-order chi connectivity index (χ0) is 17.7. The van der Waals surface area contributed by atoms with Crippen LogP contribution in [0.5, 0.6) is 5.75 Å². The van der Waals surface area contributed by atoms with Crippen molar-refractivity contribution in [1.29, 1.82) is 0 Å². The van der Waals surface area contributed by atoms with Crippen molar-refractivity contribution in [2.24, 2.45) is 0 Å². The lowest BCUT2D eigenvalue weighted by atomic mass is 10.1. The zero-order valence-corrected chi connectivity index (χ0v) is 16.0. The van der Waals surface area contributed by atoms with Gasteiger partial charge in [0.25, 0.3) is 0 Å². The molecule has 0 spiro atoms. The third-order valence-electron chi connectivity index (χ3n) is 3.64. The maximum absolute atomic E-state index is 12.0. The monoisotopic (exact) mass is 391 g/mol. The van der Waals surface area contributed by atoms with Crippen LogP contribution in [-0.2, 0) is 4.74 Å². The van der Waals surface area contributed by atoms with Crippen LogP contribution in [0.1, 0.15) is 27.0 Å². The highest BCUT2D eigenvalue weighted by Gasteiger charge is 2.15. The van der Waals surface area contributed by atoms with E-state index >= 15 is 0 Å². The molecule has 0 atom stereocenters. The first kappa shape index (κ1) is 18.3. The van der Waals surface area contributed by atoms with Gasteiger partial charge in [0.2, 0.25) is 0 Å². The van der Waals surface area contributed by atoms with Crippen LogP contribution in [0.25, 0.3) is 0 Å². The molecule has 0 unspecified atom stereocenters. The topological polar surface area (TPSA) is 47.6 Å². The van der Waals surface area contributed by atoms with E-state index in [-0.39, 0.29) is 5.97 Å². The lowest BCUT2D eigenvalue weighted by Gasteiger charge is -2.15. The van der Waals surface area contributed by atoms with Crippen LogP contribution in [0.15, 0.2) is 34.8 Å². The summed E-state index contributed by atoms with van der Waals surface area (Å²) in [5.74, 6) is 0.519. The van der Waals surface area contributed by atoms with Gasteiger partial charge in [0.1, 0.15) is 12.4 Å². The van der Waals surface area contributed by atoms with Crippen molar-refractivity contribution in [1.82, 2.24) is 0 Å². The first-order valence-electron chi connectivity index (χ1n) is 7.74. The number of anilines is 1. The first-order chi connectivity index (χ1) is 11.4. The predicted molar refractivity (Wildman–Crippen MR) is 100 cm³/mol. The van der Waals surface area contributed by atoms with Gasteiger partial charge in [-0.15, -0.1) is 0 Å². The molecule has 0 aromatic heterocycles. The Kier molecular flexibility index (Phi) is 6.26. The highest BCUT2D eigenvalue weighted by Crippen LogP contribution is 2.29. The summed E-state index contributed by atoms with van der Waals surface area (Å²) >= 11 is 3.50. The maximum Gasteiger partial charge on any atom is 0.340 e. The molecular formula is C19H22BrNO3. The second-order valence-corrected chi connectivity index (χ2v) is 6.56. The molecule has 0 fully saturated rings. The van der Waals surface area contributed by atoms with Gasteiger partial charge in [0.05, 0.1) is 18.4 Å². The van der Waals surface area contributed by atoms with Crippen LogP contribution in [0.2, 0.25) is 0 Å². The summed E-state index contributed by atoms with van der Waals surface area (Å²) in [5, 5.41) is 3.26. The molecule has 0 aliphatic heterocycles. The summed E-state index contributed by atoms with van der Waals surface area (Å²) in [4.78, 5) is 12.0. The van der Waals surface area contributed by atoms with E-state index in [0.29, 0.717) is 18.7 Å². The number of carbonyl (C=O) groups excluding carboxylic acids is 1. The van der Waals surface area contributed by atoms with Gasteiger partial charge in [-0.05, 0) is 71.6 Å². The van der Waals surface area contributed by atoms with Crippen LogP contribution < -0.4 is 10.1 Å². The SMILES string of the molecule is COC(=O)c1cc(C)cc(Br)c1NCCOc1cc(C)ccc1C. The molecule has 0 saturated heterocycles. The molecule has 0 bridgehead atoms. The van der Waals surface area contributed by atoms with E-state index < -0.39 is 0 Å². The van der Waals surface area contributed by atoms with E-state index in [1.54, 1.807) is 0 Å². The molecule has 0 saturated carbocycles. The van der Waals surface area contributed by atoms with E-state index in [1.165, 1.54) is 7.11 Å². The zero-order valence-electron chi connectivity index (χ0n) is 14.4. The van der Waals surface area contributed by atoms with Crippen molar-refractivity contribution in [2.75, 3.05) is 25.6 Å². The van der Waals surface area contributed by atoms with Crippen LogP contribution in [0.3, 0.4) is 0 Å². The molecule has 4 nitrogen and oxygen atoms in total. The Bertz CT molecular complexity index is 744. The minimum Gasteiger partial charge on any atom is -0.491 e. The third kappa shape index (κ3) is 4.51. The van der Waals surface area contributed by atoms with Gasteiger partial charge in [-0.3, -0.25) is 0 Å². The first-order valence-corrected chi connectivity index (χ1v) is 8.54. The average molecular weight is 392 g/mol. The number of hydrogen-bond donors (Lipinski definition) is 1. The van der Waals surface area contributed by atoms with Gasteiger partial charge < -0.3 is 14.8 Å². The number of benzene rings is 2. The normalized spacial score (nSPS) is 10.4. The molecule has 0 aliphatic rings. The number of hydrogen-bond acceptors (Lipinski definition) is 4.